The van der Waals surface area contributed by atoms with Crippen LogP contribution < -0.4 is 10.1 Å². The number of esters is 1. The second kappa shape index (κ2) is 6.64. The van der Waals surface area contributed by atoms with Crippen molar-refractivity contribution in [3.63, 3.8) is 0 Å². The summed E-state index contributed by atoms with van der Waals surface area (Å²) in [4.78, 5) is 23.2. The second-order valence-electron chi connectivity index (χ2n) is 3.67. The third-order valence-electron chi connectivity index (χ3n) is 2.31. The summed E-state index contributed by atoms with van der Waals surface area (Å²) in [7, 11) is 1.52. The van der Waals surface area contributed by atoms with Crippen LogP contribution in [0.25, 0.3) is 0 Å². The van der Waals surface area contributed by atoms with E-state index in [1.807, 2.05) is 0 Å². The summed E-state index contributed by atoms with van der Waals surface area (Å²) in [5.41, 5.74) is 0.352. The van der Waals surface area contributed by atoms with Crippen molar-refractivity contribution < 1.29 is 19.1 Å². The maximum Gasteiger partial charge on any atom is 0.339 e. The molecule has 1 atom stereocenters. The zero-order valence-electron chi connectivity index (χ0n) is 10.7. The molecule has 0 heterocycles. The first-order valence-electron chi connectivity index (χ1n) is 5.71. The summed E-state index contributed by atoms with van der Waals surface area (Å²) in [6.45, 7) is 3.83. The topological polar surface area (TPSA) is 64.6 Å². The number of hydrogen-bond donors (Lipinski definition) is 1. The van der Waals surface area contributed by atoms with Crippen LogP contribution in [0.4, 0.5) is 0 Å². The lowest BCUT2D eigenvalue weighted by Gasteiger charge is -2.12. The molecule has 0 unspecified atom stereocenters. The van der Waals surface area contributed by atoms with Gasteiger partial charge in [0.2, 0.25) is 0 Å². The molecule has 5 nitrogen and oxygen atoms in total. The summed E-state index contributed by atoms with van der Waals surface area (Å²) >= 11 is 0. The molecule has 0 saturated heterocycles. The standard InChI is InChI=1S/C13H17NO4/c1-4-14-12(15)9(2)18-13(16)10-6-5-7-11(8-10)17-3/h5-9H,4H2,1-3H3,(H,14,15)/t9-/m1/s1. The zero-order valence-corrected chi connectivity index (χ0v) is 10.7. The molecule has 0 bridgehead atoms. The Balaban J connectivity index is 2.67. The minimum atomic E-state index is -0.816. The van der Waals surface area contributed by atoms with Crippen LogP contribution in [0.5, 0.6) is 5.75 Å². The molecular weight excluding hydrogens is 234 g/mol. The Bertz CT molecular complexity index is 431. The monoisotopic (exact) mass is 251 g/mol. The van der Waals surface area contributed by atoms with Crippen LogP contribution in [0.15, 0.2) is 24.3 Å². The number of ether oxygens (including phenoxy) is 2. The molecule has 98 valence electrons. The molecular formula is C13H17NO4. The number of methoxy groups -OCH3 is 1. The molecule has 18 heavy (non-hydrogen) atoms. The van der Waals surface area contributed by atoms with E-state index in [0.717, 1.165) is 0 Å². The number of carbonyl (C=O) groups excluding carboxylic acids is 2. The Morgan fingerprint density at radius 1 is 1.39 bits per heavy atom. The zero-order chi connectivity index (χ0) is 13.5. The van der Waals surface area contributed by atoms with Crippen molar-refractivity contribution in [2.45, 2.75) is 20.0 Å². The molecule has 1 rings (SSSR count). The Labute approximate surface area is 106 Å². The van der Waals surface area contributed by atoms with Gasteiger partial charge in [-0.1, -0.05) is 6.07 Å². The number of amides is 1. The number of nitrogens with one attached hydrogen (secondary N) is 1. The van der Waals surface area contributed by atoms with Crippen molar-refractivity contribution in [3.8, 4) is 5.75 Å². The first-order valence-corrected chi connectivity index (χ1v) is 5.71. The van der Waals surface area contributed by atoms with Gasteiger partial charge in [-0.2, -0.15) is 0 Å². The van der Waals surface area contributed by atoms with E-state index in [1.165, 1.54) is 14.0 Å². The van der Waals surface area contributed by atoms with Crippen LogP contribution in [0.2, 0.25) is 0 Å². The molecule has 5 heteroatoms. The average Bonchev–Trinajstić information content (AvgIpc) is 2.39. The minimum Gasteiger partial charge on any atom is -0.497 e. The van der Waals surface area contributed by atoms with Gasteiger partial charge in [-0.05, 0) is 32.0 Å². The summed E-state index contributed by atoms with van der Waals surface area (Å²) in [6.07, 6.45) is -0.816. The molecule has 0 fully saturated rings. The lowest BCUT2D eigenvalue weighted by atomic mass is 10.2. The van der Waals surface area contributed by atoms with Crippen molar-refractivity contribution in [1.82, 2.24) is 5.32 Å². The maximum atomic E-state index is 11.8. The molecule has 1 N–H and O–H groups in total. The molecule has 0 aromatic heterocycles. The van der Waals surface area contributed by atoms with Gasteiger partial charge >= 0.3 is 5.97 Å². The van der Waals surface area contributed by atoms with Gasteiger partial charge in [-0.15, -0.1) is 0 Å². The largest absolute Gasteiger partial charge is 0.497 e. The van der Waals surface area contributed by atoms with E-state index in [-0.39, 0.29) is 5.91 Å². The lowest BCUT2D eigenvalue weighted by Crippen LogP contribution is -2.35. The fraction of sp³-hybridized carbons (Fsp3) is 0.385. The smallest absolute Gasteiger partial charge is 0.339 e. The van der Waals surface area contributed by atoms with Gasteiger partial charge in [0.1, 0.15) is 5.75 Å². The molecule has 0 radical (unpaired) electrons. The Morgan fingerprint density at radius 2 is 2.11 bits per heavy atom. The number of carbonyl (C=O) groups is 2. The maximum absolute atomic E-state index is 11.8. The predicted molar refractivity (Wildman–Crippen MR) is 66.6 cm³/mol. The summed E-state index contributed by atoms with van der Waals surface area (Å²) in [5, 5.41) is 2.58. The third kappa shape index (κ3) is 3.76. The highest BCUT2D eigenvalue weighted by Gasteiger charge is 2.18. The summed E-state index contributed by atoms with van der Waals surface area (Å²) < 4.78 is 10.1. The van der Waals surface area contributed by atoms with E-state index >= 15 is 0 Å². The van der Waals surface area contributed by atoms with Crippen molar-refractivity contribution in [3.05, 3.63) is 29.8 Å². The fourth-order valence-electron chi connectivity index (χ4n) is 1.35. The van der Waals surface area contributed by atoms with Gasteiger partial charge in [0.15, 0.2) is 6.10 Å². The van der Waals surface area contributed by atoms with Crippen LogP contribution >= 0.6 is 0 Å². The SMILES string of the molecule is CCNC(=O)[C@@H](C)OC(=O)c1cccc(OC)c1. The second-order valence-corrected chi connectivity index (χ2v) is 3.67. The molecule has 1 aromatic carbocycles. The number of rotatable bonds is 5. The number of hydrogen-bond acceptors (Lipinski definition) is 4. The molecule has 0 saturated carbocycles. The highest BCUT2D eigenvalue weighted by atomic mass is 16.5. The minimum absolute atomic E-state index is 0.311. The Hall–Kier alpha value is -2.04. The van der Waals surface area contributed by atoms with Crippen LogP contribution in [-0.2, 0) is 9.53 Å². The van der Waals surface area contributed by atoms with Crippen molar-refractivity contribution in [1.29, 1.82) is 0 Å². The van der Waals surface area contributed by atoms with Gasteiger partial charge in [0.25, 0.3) is 5.91 Å². The highest BCUT2D eigenvalue weighted by Crippen LogP contribution is 2.14. The van der Waals surface area contributed by atoms with E-state index in [9.17, 15) is 9.59 Å². The summed E-state index contributed by atoms with van der Waals surface area (Å²) in [6, 6.07) is 6.58. The van der Waals surface area contributed by atoms with Gasteiger partial charge in [-0.3, -0.25) is 4.79 Å². The molecule has 0 spiro atoms. The van der Waals surface area contributed by atoms with E-state index in [2.05, 4.69) is 5.32 Å². The highest BCUT2D eigenvalue weighted by molar-refractivity contribution is 5.92. The first-order chi connectivity index (χ1) is 8.58. The summed E-state index contributed by atoms with van der Waals surface area (Å²) in [5.74, 6) is -0.295. The molecule has 0 aliphatic carbocycles. The van der Waals surface area contributed by atoms with E-state index < -0.39 is 12.1 Å². The number of benzene rings is 1. The average molecular weight is 251 g/mol. The molecule has 0 aliphatic rings. The van der Waals surface area contributed by atoms with E-state index in [0.29, 0.717) is 17.9 Å². The number of likely N-dealkylation sites (N-methyl/N-ethyl adjacent to an activating group) is 1. The lowest BCUT2D eigenvalue weighted by molar-refractivity contribution is -0.128. The van der Waals surface area contributed by atoms with Crippen LogP contribution in [0.3, 0.4) is 0 Å². The van der Waals surface area contributed by atoms with Gasteiger partial charge in [0.05, 0.1) is 12.7 Å². The molecule has 1 aromatic rings. The Kier molecular flexibility index (Phi) is 5.17. The molecule has 0 aliphatic heterocycles. The first kappa shape index (κ1) is 14.0. The van der Waals surface area contributed by atoms with E-state index in [4.69, 9.17) is 9.47 Å². The van der Waals surface area contributed by atoms with Gasteiger partial charge in [-0.25, -0.2) is 4.79 Å². The van der Waals surface area contributed by atoms with Crippen LogP contribution in [0, 0.1) is 0 Å². The molecule has 1 amide bonds. The fourth-order valence-corrected chi connectivity index (χ4v) is 1.35. The van der Waals surface area contributed by atoms with Crippen molar-refractivity contribution >= 4 is 11.9 Å². The third-order valence-corrected chi connectivity index (χ3v) is 2.31. The van der Waals surface area contributed by atoms with Crippen LogP contribution in [0.1, 0.15) is 24.2 Å². The van der Waals surface area contributed by atoms with Crippen molar-refractivity contribution in [2.24, 2.45) is 0 Å². The van der Waals surface area contributed by atoms with Gasteiger partial charge in [0, 0.05) is 6.54 Å². The van der Waals surface area contributed by atoms with E-state index in [1.54, 1.807) is 31.2 Å². The Morgan fingerprint density at radius 3 is 2.72 bits per heavy atom. The van der Waals surface area contributed by atoms with Gasteiger partial charge < -0.3 is 14.8 Å². The van der Waals surface area contributed by atoms with Crippen LogP contribution in [-0.4, -0.2) is 31.6 Å². The van der Waals surface area contributed by atoms with Crippen molar-refractivity contribution in [2.75, 3.05) is 13.7 Å². The normalized spacial score (nSPS) is 11.5. The quantitative estimate of drug-likeness (QED) is 0.803. The predicted octanol–water partition coefficient (Wildman–Crippen LogP) is 1.38.